The van der Waals surface area contributed by atoms with Gasteiger partial charge in [-0.05, 0) is 87.2 Å². The Hall–Kier alpha value is -3.85. The molecule has 1 atom stereocenters. The Balaban J connectivity index is 2.02. The summed E-state index contributed by atoms with van der Waals surface area (Å²) in [6.45, 7) is 9.57. The number of hydrogen-bond acceptors (Lipinski definition) is 5. The molecule has 0 fully saturated rings. The molecule has 0 aromatic heterocycles. The second-order valence-electron chi connectivity index (χ2n) is 10.3. The Morgan fingerprint density at radius 2 is 1.59 bits per heavy atom. The SMILES string of the molecule is CCCCNC(=O)[C@@H](C)N(Cc1ccc(OC)cc1)C(=O)CN(c1ccc(C)c(C)c1)S(=O)(=O)c1ccc(C)cc1. The van der Waals surface area contributed by atoms with Gasteiger partial charge in [0.05, 0.1) is 17.7 Å². The Morgan fingerprint density at radius 1 is 0.927 bits per heavy atom. The van der Waals surface area contributed by atoms with E-state index in [2.05, 4.69) is 5.32 Å². The number of aryl methyl sites for hydroxylation is 3. The van der Waals surface area contributed by atoms with E-state index in [0.717, 1.165) is 39.4 Å². The van der Waals surface area contributed by atoms with Crippen LogP contribution in [0.2, 0.25) is 0 Å². The molecule has 9 heteroatoms. The van der Waals surface area contributed by atoms with Crippen LogP contribution in [-0.2, 0) is 26.2 Å². The van der Waals surface area contributed by atoms with E-state index in [-0.39, 0.29) is 17.3 Å². The average Bonchev–Trinajstić information content (AvgIpc) is 2.96. The molecule has 3 aromatic rings. The summed E-state index contributed by atoms with van der Waals surface area (Å²) in [5.41, 5.74) is 3.99. The third kappa shape index (κ3) is 8.10. The molecule has 2 amide bonds. The standard InChI is InChI=1S/C32H41N3O5S/c1-7-8-19-33-32(37)26(5)34(21-27-12-15-29(40-6)16-13-27)31(36)22-35(28-14-11-24(3)25(4)20-28)41(38,39)30-17-9-23(2)10-18-30/h9-18,20,26H,7-8,19,21-22H2,1-6H3,(H,33,37)/t26-/m1/s1. The maximum absolute atomic E-state index is 14.0. The lowest BCUT2D eigenvalue weighted by Crippen LogP contribution is -2.51. The molecule has 1 N–H and O–H groups in total. The van der Waals surface area contributed by atoms with Crippen LogP contribution < -0.4 is 14.4 Å². The van der Waals surface area contributed by atoms with Crippen molar-refractivity contribution >= 4 is 27.5 Å². The zero-order valence-electron chi connectivity index (χ0n) is 24.8. The van der Waals surface area contributed by atoms with Crippen LogP contribution in [0.4, 0.5) is 5.69 Å². The van der Waals surface area contributed by atoms with Crippen molar-refractivity contribution in [3.05, 3.63) is 89.0 Å². The molecule has 0 unspecified atom stereocenters. The van der Waals surface area contributed by atoms with Crippen molar-refractivity contribution in [2.75, 3.05) is 24.5 Å². The molecule has 41 heavy (non-hydrogen) atoms. The number of benzene rings is 3. The summed E-state index contributed by atoms with van der Waals surface area (Å²) in [7, 11) is -2.53. The van der Waals surface area contributed by atoms with Gasteiger partial charge >= 0.3 is 0 Å². The fraction of sp³-hybridized carbons (Fsp3) is 0.375. The van der Waals surface area contributed by atoms with Crippen LogP contribution in [0.5, 0.6) is 5.75 Å². The molecular formula is C32H41N3O5S. The van der Waals surface area contributed by atoms with Gasteiger partial charge in [-0.3, -0.25) is 13.9 Å². The minimum absolute atomic E-state index is 0.0844. The van der Waals surface area contributed by atoms with Crippen LogP contribution in [0.1, 0.15) is 48.9 Å². The summed E-state index contributed by atoms with van der Waals surface area (Å²) in [5, 5.41) is 2.90. The molecule has 0 spiro atoms. The molecule has 3 aromatic carbocycles. The maximum Gasteiger partial charge on any atom is 0.264 e. The molecule has 0 saturated carbocycles. The third-order valence-electron chi connectivity index (χ3n) is 7.18. The summed E-state index contributed by atoms with van der Waals surface area (Å²) in [4.78, 5) is 28.6. The largest absolute Gasteiger partial charge is 0.497 e. The smallest absolute Gasteiger partial charge is 0.264 e. The van der Waals surface area contributed by atoms with Crippen molar-refractivity contribution in [3.63, 3.8) is 0 Å². The number of carbonyl (C=O) groups is 2. The minimum Gasteiger partial charge on any atom is -0.497 e. The van der Waals surface area contributed by atoms with Crippen LogP contribution in [0, 0.1) is 20.8 Å². The van der Waals surface area contributed by atoms with Crippen molar-refractivity contribution in [3.8, 4) is 5.75 Å². The highest BCUT2D eigenvalue weighted by atomic mass is 32.2. The van der Waals surface area contributed by atoms with Gasteiger partial charge in [0.25, 0.3) is 10.0 Å². The number of methoxy groups -OCH3 is 1. The highest BCUT2D eigenvalue weighted by Gasteiger charge is 2.32. The van der Waals surface area contributed by atoms with E-state index in [1.807, 2.05) is 45.9 Å². The van der Waals surface area contributed by atoms with E-state index in [1.54, 1.807) is 62.6 Å². The van der Waals surface area contributed by atoms with Gasteiger partial charge < -0.3 is 15.0 Å². The van der Waals surface area contributed by atoms with E-state index < -0.39 is 28.5 Å². The number of carbonyl (C=O) groups excluding carboxylic acids is 2. The lowest BCUT2D eigenvalue weighted by molar-refractivity contribution is -0.139. The average molecular weight is 580 g/mol. The number of nitrogens with zero attached hydrogens (tertiary/aromatic N) is 2. The fourth-order valence-corrected chi connectivity index (χ4v) is 5.70. The van der Waals surface area contributed by atoms with Crippen LogP contribution in [0.3, 0.4) is 0 Å². The van der Waals surface area contributed by atoms with Crippen LogP contribution in [-0.4, -0.2) is 51.4 Å². The normalized spacial score (nSPS) is 12.0. The number of anilines is 1. The predicted molar refractivity (Wildman–Crippen MR) is 163 cm³/mol. The zero-order chi connectivity index (χ0) is 30.2. The Kier molecular flexibility index (Phi) is 10.9. The van der Waals surface area contributed by atoms with Crippen LogP contribution >= 0.6 is 0 Å². The first kappa shape index (κ1) is 31.7. The van der Waals surface area contributed by atoms with Crippen molar-refractivity contribution in [1.29, 1.82) is 0 Å². The van der Waals surface area contributed by atoms with E-state index >= 15 is 0 Å². The van der Waals surface area contributed by atoms with E-state index in [0.29, 0.717) is 18.0 Å². The number of ether oxygens (including phenoxy) is 1. The van der Waals surface area contributed by atoms with E-state index in [4.69, 9.17) is 4.74 Å². The summed E-state index contributed by atoms with van der Waals surface area (Å²) in [6, 6.07) is 18.2. The lowest BCUT2D eigenvalue weighted by Gasteiger charge is -2.32. The summed E-state index contributed by atoms with van der Waals surface area (Å²) >= 11 is 0. The van der Waals surface area contributed by atoms with Crippen LogP contribution in [0.15, 0.2) is 71.6 Å². The molecule has 0 aliphatic rings. The van der Waals surface area contributed by atoms with Gasteiger partial charge in [0.15, 0.2) is 0 Å². The Labute approximate surface area is 244 Å². The van der Waals surface area contributed by atoms with Crippen molar-refractivity contribution in [1.82, 2.24) is 10.2 Å². The molecule has 8 nitrogen and oxygen atoms in total. The molecule has 0 aliphatic heterocycles. The second kappa shape index (κ2) is 14.2. The predicted octanol–water partition coefficient (Wildman–Crippen LogP) is 5.15. The monoisotopic (exact) mass is 579 g/mol. The molecule has 0 heterocycles. The second-order valence-corrected chi connectivity index (χ2v) is 12.1. The van der Waals surface area contributed by atoms with Crippen molar-refractivity contribution in [2.24, 2.45) is 0 Å². The van der Waals surface area contributed by atoms with Crippen molar-refractivity contribution < 1.29 is 22.7 Å². The first-order chi connectivity index (χ1) is 19.5. The first-order valence-corrected chi connectivity index (χ1v) is 15.3. The summed E-state index contributed by atoms with van der Waals surface area (Å²) in [5.74, 6) is -0.116. The maximum atomic E-state index is 14.0. The van der Waals surface area contributed by atoms with E-state index in [9.17, 15) is 18.0 Å². The zero-order valence-corrected chi connectivity index (χ0v) is 25.6. The van der Waals surface area contributed by atoms with Gasteiger partial charge in [-0.25, -0.2) is 8.42 Å². The summed E-state index contributed by atoms with van der Waals surface area (Å²) < 4.78 is 34.3. The number of sulfonamides is 1. The fourth-order valence-electron chi connectivity index (χ4n) is 4.29. The Morgan fingerprint density at radius 3 is 2.17 bits per heavy atom. The first-order valence-electron chi connectivity index (χ1n) is 13.8. The van der Waals surface area contributed by atoms with Gasteiger partial charge in [-0.2, -0.15) is 0 Å². The van der Waals surface area contributed by atoms with E-state index in [1.165, 1.54) is 4.90 Å². The van der Waals surface area contributed by atoms with Gasteiger partial charge in [0.2, 0.25) is 11.8 Å². The van der Waals surface area contributed by atoms with Gasteiger partial charge in [-0.15, -0.1) is 0 Å². The van der Waals surface area contributed by atoms with Crippen molar-refractivity contribution in [2.45, 2.75) is 64.9 Å². The Bertz CT molecular complexity index is 1440. The topological polar surface area (TPSA) is 96.0 Å². The highest BCUT2D eigenvalue weighted by Crippen LogP contribution is 2.27. The summed E-state index contributed by atoms with van der Waals surface area (Å²) in [6.07, 6.45) is 1.74. The minimum atomic E-state index is -4.11. The number of amides is 2. The third-order valence-corrected chi connectivity index (χ3v) is 8.96. The molecule has 0 saturated heterocycles. The molecule has 220 valence electrons. The molecule has 0 bridgehead atoms. The molecule has 0 radical (unpaired) electrons. The quantitative estimate of drug-likeness (QED) is 0.283. The molecule has 3 rings (SSSR count). The number of nitrogens with one attached hydrogen (secondary N) is 1. The highest BCUT2D eigenvalue weighted by molar-refractivity contribution is 7.92. The lowest BCUT2D eigenvalue weighted by atomic mass is 10.1. The number of unbranched alkanes of at least 4 members (excludes halogenated alkanes) is 1. The van der Waals surface area contributed by atoms with Crippen LogP contribution in [0.25, 0.3) is 0 Å². The van der Waals surface area contributed by atoms with Gasteiger partial charge in [0, 0.05) is 13.1 Å². The molecular weight excluding hydrogens is 538 g/mol. The molecule has 0 aliphatic carbocycles. The van der Waals surface area contributed by atoms with Gasteiger partial charge in [0.1, 0.15) is 18.3 Å². The van der Waals surface area contributed by atoms with Gasteiger partial charge in [-0.1, -0.05) is 49.2 Å². The number of hydrogen-bond donors (Lipinski definition) is 1. The number of rotatable bonds is 13.